The minimum atomic E-state index is -0.916. The Balaban J connectivity index is 1.91. The Morgan fingerprint density at radius 1 is 1.07 bits per heavy atom. The van der Waals surface area contributed by atoms with Crippen LogP contribution in [0.3, 0.4) is 0 Å². The zero-order chi connectivity index (χ0) is 19.8. The van der Waals surface area contributed by atoms with Crippen LogP contribution in [0.4, 0.5) is 0 Å². The number of para-hydroxylation sites is 2. The van der Waals surface area contributed by atoms with E-state index in [1.54, 1.807) is 7.11 Å². The molecule has 152 valence electrons. The molecule has 28 heavy (non-hydrogen) atoms. The molecule has 1 unspecified atom stereocenters. The number of hydrogen-bond acceptors (Lipinski definition) is 4. The number of ether oxygens (including phenoxy) is 2. The number of aryl methyl sites for hydroxylation is 1. The van der Waals surface area contributed by atoms with Crippen LogP contribution in [-0.2, 0) is 10.3 Å². The summed E-state index contributed by atoms with van der Waals surface area (Å²) < 4.78 is 11.5. The lowest BCUT2D eigenvalue weighted by atomic mass is 9.74. The standard InChI is InChI=1S/C24H33NO3/c1-19-10-3-5-13-22(19)28-23-14-6-4-12-21(23)24(26,15-7-8-17-27-2)20-11-9-16-25-18-20/h3-6,10,12-14,20,25-26H,7-9,11,15-18H2,1-2H3/t20?,24-/m0/s1. The molecule has 1 saturated heterocycles. The van der Waals surface area contributed by atoms with Crippen molar-refractivity contribution in [1.29, 1.82) is 0 Å². The van der Waals surface area contributed by atoms with E-state index in [2.05, 4.69) is 5.32 Å². The number of hydrogen-bond donors (Lipinski definition) is 2. The van der Waals surface area contributed by atoms with Crippen molar-refractivity contribution in [3.05, 3.63) is 59.7 Å². The van der Waals surface area contributed by atoms with Gasteiger partial charge in [-0.3, -0.25) is 0 Å². The van der Waals surface area contributed by atoms with Gasteiger partial charge >= 0.3 is 0 Å². The third-order valence-corrected chi connectivity index (χ3v) is 5.80. The largest absolute Gasteiger partial charge is 0.457 e. The summed E-state index contributed by atoms with van der Waals surface area (Å²) >= 11 is 0. The van der Waals surface area contributed by atoms with Crippen LogP contribution in [0.1, 0.15) is 43.2 Å². The Bertz CT molecular complexity index is 742. The summed E-state index contributed by atoms with van der Waals surface area (Å²) in [6.07, 6.45) is 4.68. The van der Waals surface area contributed by atoms with E-state index in [0.29, 0.717) is 6.42 Å². The highest BCUT2D eigenvalue weighted by Crippen LogP contribution is 2.43. The van der Waals surface area contributed by atoms with Crippen molar-refractivity contribution >= 4 is 0 Å². The van der Waals surface area contributed by atoms with Crippen molar-refractivity contribution in [3.63, 3.8) is 0 Å². The molecule has 1 aliphatic heterocycles. The quantitative estimate of drug-likeness (QED) is 0.611. The molecule has 0 aliphatic carbocycles. The number of unbranched alkanes of at least 4 members (excludes halogenated alkanes) is 1. The van der Waals surface area contributed by atoms with Crippen molar-refractivity contribution in [2.45, 2.75) is 44.6 Å². The minimum absolute atomic E-state index is 0.172. The Labute approximate surface area is 168 Å². The second-order valence-corrected chi connectivity index (χ2v) is 7.78. The van der Waals surface area contributed by atoms with Crippen molar-refractivity contribution in [1.82, 2.24) is 5.32 Å². The fourth-order valence-electron chi connectivity index (χ4n) is 4.16. The maximum absolute atomic E-state index is 12.0. The number of rotatable bonds is 9. The molecule has 4 heteroatoms. The lowest BCUT2D eigenvalue weighted by molar-refractivity contribution is -0.0447. The lowest BCUT2D eigenvalue weighted by Gasteiger charge is -2.40. The summed E-state index contributed by atoms with van der Waals surface area (Å²) in [5, 5.41) is 15.4. The molecule has 0 amide bonds. The molecule has 0 radical (unpaired) electrons. The Kier molecular flexibility index (Phi) is 7.49. The van der Waals surface area contributed by atoms with Gasteiger partial charge in [-0.25, -0.2) is 0 Å². The minimum Gasteiger partial charge on any atom is -0.457 e. The molecule has 2 aromatic rings. The van der Waals surface area contributed by atoms with Gasteiger partial charge in [0.1, 0.15) is 11.5 Å². The average Bonchev–Trinajstić information content (AvgIpc) is 2.74. The predicted molar refractivity (Wildman–Crippen MR) is 113 cm³/mol. The van der Waals surface area contributed by atoms with Crippen molar-refractivity contribution < 1.29 is 14.6 Å². The molecular weight excluding hydrogens is 350 g/mol. The topological polar surface area (TPSA) is 50.7 Å². The first kappa shape index (κ1) is 20.8. The Morgan fingerprint density at radius 2 is 1.82 bits per heavy atom. The SMILES string of the molecule is COCCCC[C@@](O)(c1ccccc1Oc1ccccc1C)C1CCCNC1. The van der Waals surface area contributed by atoms with E-state index in [4.69, 9.17) is 9.47 Å². The van der Waals surface area contributed by atoms with E-state index in [1.165, 1.54) is 0 Å². The molecule has 2 N–H and O–H groups in total. The molecule has 3 rings (SSSR count). The third kappa shape index (κ3) is 4.93. The fraction of sp³-hybridized carbons (Fsp3) is 0.500. The van der Waals surface area contributed by atoms with E-state index in [-0.39, 0.29) is 5.92 Å². The smallest absolute Gasteiger partial charge is 0.133 e. The fourth-order valence-corrected chi connectivity index (χ4v) is 4.16. The molecule has 2 aromatic carbocycles. The monoisotopic (exact) mass is 383 g/mol. The summed E-state index contributed by atoms with van der Waals surface area (Å²) in [4.78, 5) is 0. The van der Waals surface area contributed by atoms with E-state index in [9.17, 15) is 5.11 Å². The summed E-state index contributed by atoms with van der Waals surface area (Å²) in [7, 11) is 1.72. The van der Waals surface area contributed by atoms with Gasteiger partial charge in [-0.1, -0.05) is 36.4 Å². The summed E-state index contributed by atoms with van der Waals surface area (Å²) in [5.74, 6) is 1.75. The van der Waals surface area contributed by atoms with Crippen molar-refractivity contribution in [2.24, 2.45) is 5.92 Å². The van der Waals surface area contributed by atoms with Gasteiger partial charge in [0.25, 0.3) is 0 Å². The first-order valence-corrected chi connectivity index (χ1v) is 10.4. The first-order valence-electron chi connectivity index (χ1n) is 10.4. The summed E-state index contributed by atoms with van der Waals surface area (Å²) in [6.45, 7) is 4.62. The van der Waals surface area contributed by atoms with Crippen LogP contribution in [0.15, 0.2) is 48.5 Å². The maximum atomic E-state index is 12.0. The molecule has 0 saturated carbocycles. The third-order valence-electron chi connectivity index (χ3n) is 5.80. The molecule has 1 fully saturated rings. The number of aliphatic hydroxyl groups is 1. The Morgan fingerprint density at radius 3 is 2.54 bits per heavy atom. The zero-order valence-corrected chi connectivity index (χ0v) is 17.1. The van der Waals surface area contributed by atoms with Crippen LogP contribution in [0.5, 0.6) is 11.5 Å². The molecule has 0 aromatic heterocycles. The summed E-state index contributed by atoms with van der Waals surface area (Å²) in [5.41, 5.74) is 1.06. The predicted octanol–water partition coefficient (Wildman–Crippen LogP) is 4.79. The zero-order valence-electron chi connectivity index (χ0n) is 17.1. The normalized spacial score (nSPS) is 19.2. The lowest BCUT2D eigenvalue weighted by Crippen LogP contribution is -2.44. The number of benzene rings is 2. The molecule has 1 aliphatic rings. The van der Waals surface area contributed by atoms with E-state index in [0.717, 1.165) is 68.0 Å². The van der Waals surface area contributed by atoms with Crippen LogP contribution in [0, 0.1) is 12.8 Å². The number of methoxy groups -OCH3 is 1. The van der Waals surface area contributed by atoms with Gasteiger partial charge in [0.15, 0.2) is 0 Å². The molecule has 2 atom stereocenters. The number of piperidine rings is 1. The van der Waals surface area contributed by atoms with Gasteiger partial charge in [-0.15, -0.1) is 0 Å². The molecule has 0 spiro atoms. The molecule has 1 heterocycles. The van der Waals surface area contributed by atoms with E-state index >= 15 is 0 Å². The second-order valence-electron chi connectivity index (χ2n) is 7.78. The van der Waals surface area contributed by atoms with E-state index < -0.39 is 5.60 Å². The van der Waals surface area contributed by atoms with Crippen LogP contribution in [0.2, 0.25) is 0 Å². The van der Waals surface area contributed by atoms with Crippen molar-refractivity contribution in [3.8, 4) is 11.5 Å². The van der Waals surface area contributed by atoms with Crippen LogP contribution in [0.25, 0.3) is 0 Å². The van der Waals surface area contributed by atoms with Gasteiger partial charge in [0.2, 0.25) is 0 Å². The first-order chi connectivity index (χ1) is 13.6. The van der Waals surface area contributed by atoms with Gasteiger partial charge in [0.05, 0.1) is 5.60 Å². The van der Waals surface area contributed by atoms with Crippen LogP contribution >= 0.6 is 0 Å². The van der Waals surface area contributed by atoms with Gasteiger partial charge in [0, 0.05) is 31.7 Å². The van der Waals surface area contributed by atoms with Crippen LogP contribution in [-0.4, -0.2) is 31.9 Å². The van der Waals surface area contributed by atoms with Crippen LogP contribution < -0.4 is 10.1 Å². The highest BCUT2D eigenvalue weighted by atomic mass is 16.5. The molecule has 0 bridgehead atoms. The van der Waals surface area contributed by atoms with E-state index in [1.807, 2.05) is 55.5 Å². The highest BCUT2D eigenvalue weighted by Gasteiger charge is 2.40. The molecule has 4 nitrogen and oxygen atoms in total. The maximum Gasteiger partial charge on any atom is 0.133 e. The molecular formula is C24H33NO3. The average molecular weight is 384 g/mol. The number of nitrogens with one attached hydrogen (secondary N) is 1. The van der Waals surface area contributed by atoms with Gasteiger partial charge in [-0.2, -0.15) is 0 Å². The Hall–Kier alpha value is -1.88. The van der Waals surface area contributed by atoms with Gasteiger partial charge < -0.3 is 19.9 Å². The summed E-state index contributed by atoms with van der Waals surface area (Å²) in [6, 6.07) is 16.0. The second kappa shape index (κ2) is 10.1. The highest BCUT2D eigenvalue weighted by molar-refractivity contribution is 5.43. The van der Waals surface area contributed by atoms with Gasteiger partial charge in [-0.05, 0) is 63.3 Å². The van der Waals surface area contributed by atoms with Crippen molar-refractivity contribution in [2.75, 3.05) is 26.8 Å².